The molecular weight excluding hydrogens is 335 g/mol. The Morgan fingerprint density at radius 2 is 1.70 bits per heavy atom. The van der Waals surface area contributed by atoms with E-state index < -0.39 is 0 Å². The summed E-state index contributed by atoms with van der Waals surface area (Å²) in [6, 6.07) is 11.9. The fraction of sp³-hybridized carbons (Fsp3) is 0.0588. The maximum Gasteiger partial charge on any atom is 0.248 e. The van der Waals surface area contributed by atoms with Gasteiger partial charge >= 0.3 is 0 Å². The Labute approximate surface area is 144 Å². The molecule has 2 aromatic carbocycles. The van der Waals surface area contributed by atoms with Crippen LogP contribution < -0.4 is 10.6 Å². The lowest BCUT2D eigenvalue weighted by Crippen LogP contribution is -2.09. The summed E-state index contributed by atoms with van der Waals surface area (Å²) < 4.78 is 0. The van der Waals surface area contributed by atoms with Crippen LogP contribution in [0.4, 0.5) is 11.4 Å². The highest BCUT2D eigenvalue weighted by Crippen LogP contribution is 2.22. The minimum atomic E-state index is -0.309. The minimum absolute atomic E-state index is 0.175. The lowest BCUT2D eigenvalue weighted by molar-refractivity contribution is -0.114. The molecule has 0 aliphatic rings. The van der Waals surface area contributed by atoms with E-state index >= 15 is 0 Å². The summed E-state index contributed by atoms with van der Waals surface area (Å²) in [7, 11) is 0. The third-order valence-corrected chi connectivity index (χ3v) is 3.39. The zero-order valence-electron chi connectivity index (χ0n) is 12.3. The first kappa shape index (κ1) is 17.1. The van der Waals surface area contributed by atoms with E-state index in [9.17, 15) is 9.59 Å². The summed E-state index contributed by atoms with van der Waals surface area (Å²) in [6.07, 6.45) is 2.98. The number of benzene rings is 2. The Kier molecular flexibility index (Phi) is 5.79. The van der Waals surface area contributed by atoms with Gasteiger partial charge in [-0.3, -0.25) is 9.59 Å². The van der Waals surface area contributed by atoms with Crippen LogP contribution in [-0.4, -0.2) is 11.8 Å². The van der Waals surface area contributed by atoms with Crippen molar-refractivity contribution in [2.24, 2.45) is 0 Å². The molecule has 2 N–H and O–H groups in total. The van der Waals surface area contributed by atoms with Crippen molar-refractivity contribution in [2.45, 2.75) is 6.92 Å². The molecule has 0 radical (unpaired) electrons. The first-order valence-electron chi connectivity index (χ1n) is 6.76. The monoisotopic (exact) mass is 348 g/mol. The zero-order chi connectivity index (χ0) is 16.8. The summed E-state index contributed by atoms with van der Waals surface area (Å²) in [5.74, 6) is -0.484. The van der Waals surface area contributed by atoms with Crippen molar-refractivity contribution in [2.75, 3.05) is 10.6 Å². The van der Waals surface area contributed by atoms with E-state index in [1.165, 1.54) is 13.0 Å². The molecule has 0 saturated carbocycles. The minimum Gasteiger partial charge on any atom is -0.326 e. The number of anilines is 2. The molecule has 4 nitrogen and oxygen atoms in total. The van der Waals surface area contributed by atoms with Crippen molar-refractivity contribution < 1.29 is 9.59 Å². The van der Waals surface area contributed by atoms with E-state index in [1.54, 1.807) is 48.5 Å². The SMILES string of the molecule is CC(=O)Nc1cccc(NC(=O)/C=C/c2ccc(Cl)cc2Cl)c1. The van der Waals surface area contributed by atoms with Gasteiger partial charge in [-0.15, -0.1) is 0 Å². The van der Waals surface area contributed by atoms with Crippen molar-refractivity contribution in [3.05, 3.63) is 64.1 Å². The molecule has 118 valence electrons. The van der Waals surface area contributed by atoms with Crippen LogP contribution in [-0.2, 0) is 9.59 Å². The Morgan fingerprint density at radius 1 is 1.00 bits per heavy atom. The molecular formula is C17H14Cl2N2O2. The largest absolute Gasteiger partial charge is 0.326 e. The maximum absolute atomic E-state index is 11.9. The lowest BCUT2D eigenvalue weighted by Gasteiger charge is -2.06. The van der Waals surface area contributed by atoms with Crippen LogP contribution in [0.25, 0.3) is 6.08 Å². The number of rotatable bonds is 4. The molecule has 0 heterocycles. The van der Waals surface area contributed by atoms with Crippen molar-refractivity contribution in [3.8, 4) is 0 Å². The van der Waals surface area contributed by atoms with E-state index in [4.69, 9.17) is 23.2 Å². The first-order chi connectivity index (χ1) is 10.9. The summed E-state index contributed by atoms with van der Waals surface area (Å²) in [6.45, 7) is 1.42. The second-order valence-corrected chi connectivity index (χ2v) is 5.59. The molecule has 0 atom stereocenters. The van der Waals surface area contributed by atoms with Gasteiger partial charge in [0.05, 0.1) is 0 Å². The Morgan fingerprint density at radius 3 is 2.35 bits per heavy atom. The fourth-order valence-electron chi connectivity index (χ4n) is 1.86. The Balaban J connectivity index is 2.04. The van der Waals surface area contributed by atoms with E-state index in [0.29, 0.717) is 27.0 Å². The highest BCUT2D eigenvalue weighted by atomic mass is 35.5. The van der Waals surface area contributed by atoms with Gasteiger partial charge in [-0.2, -0.15) is 0 Å². The molecule has 0 bridgehead atoms. The number of hydrogen-bond acceptors (Lipinski definition) is 2. The lowest BCUT2D eigenvalue weighted by atomic mass is 10.2. The van der Waals surface area contributed by atoms with Gasteiger partial charge in [0.15, 0.2) is 0 Å². The van der Waals surface area contributed by atoms with E-state index in [1.807, 2.05) is 0 Å². The average molecular weight is 349 g/mol. The molecule has 2 rings (SSSR count). The Hall–Kier alpha value is -2.30. The van der Waals surface area contributed by atoms with Crippen LogP contribution in [0, 0.1) is 0 Å². The van der Waals surface area contributed by atoms with Gasteiger partial charge in [-0.05, 0) is 42.0 Å². The molecule has 0 saturated heterocycles. The summed E-state index contributed by atoms with van der Waals surface area (Å²) in [5, 5.41) is 6.36. The average Bonchev–Trinajstić information content (AvgIpc) is 2.46. The van der Waals surface area contributed by atoms with Gasteiger partial charge in [-0.25, -0.2) is 0 Å². The number of halogens is 2. The van der Waals surface area contributed by atoms with E-state index in [2.05, 4.69) is 10.6 Å². The van der Waals surface area contributed by atoms with Gasteiger partial charge in [0, 0.05) is 34.4 Å². The van der Waals surface area contributed by atoms with Crippen LogP contribution in [0.15, 0.2) is 48.5 Å². The normalized spacial score (nSPS) is 10.6. The van der Waals surface area contributed by atoms with Crippen molar-refractivity contribution >= 4 is 52.5 Å². The van der Waals surface area contributed by atoms with Crippen molar-refractivity contribution in [3.63, 3.8) is 0 Å². The molecule has 0 fully saturated rings. The highest BCUT2D eigenvalue weighted by molar-refractivity contribution is 6.35. The summed E-state index contributed by atoms with van der Waals surface area (Å²) in [5.41, 5.74) is 1.88. The molecule has 2 amide bonds. The zero-order valence-corrected chi connectivity index (χ0v) is 13.8. The highest BCUT2D eigenvalue weighted by Gasteiger charge is 2.02. The van der Waals surface area contributed by atoms with E-state index in [-0.39, 0.29) is 11.8 Å². The third-order valence-electron chi connectivity index (χ3n) is 2.83. The molecule has 0 spiro atoms. The van der Waals surface area contributed by atoms with Gasteiger partial charge in [0.1, 0.15) is 0 Å². The van der Waals surface area contributed by atoms with Gasteiger partial charge < -0.3 is 10.6 Å². The molecule has 23 heavy (non-hydrogen) atoms. The molecule has 0 aromatic heterocycles. The molecule has 0 aliphatic heterocycles. The smallest absolute Gasteiger partial charge is 0.248 e. The van der Waals surface area contributed by atoms with Crippen molar-refractivity contribution in [1.82, 2.24) is 0 Å². The fourth-order valence-corrected chi connectivity index (χ4v) is 2.34. The van der Waals surface area contributed by atoms with E-state index in [0.717, 1.165) is 0 Å². The molecule has 2 aromatic rings. The molecule has 6 heteroatoms. The Bertz CT molecular complexity index is 773. The number of nitrogens with one attached hydrogen (secondary N) is 2. The molecule has 0 aliphatic carbocycles. The second-order valence-electron chi connectivity index (χ2n) is 4.75. The quantitative estimate of drug-likeness (QED) is 0.793. The summed E-state index contributed by atoms with van der Waals surface area (Å²) >= 11 is 11.9. The first-order valence-corrected chi connectivity index (χ1v) is 7.51. The van der Waals surface area contributed by atoms with Crippen LogP contribution in [0.5, 0.6) is 0 Å². The second kappa shape index (κ2) is 7.81. The van der Waals surface area contributed by atoms with Gasteiger partial charge in [0.25, 0.3) is 0 Å². The van der Waals surface area contributed by atoms with Crippen LogP contribution in [0.2, 0.25) is 10.0 Å². The van der Waals surface area contributed by atoms with Gasteiger partial charge in [-0.1, -0.05) is 35.3 Å². The molecule has 0 unspecified atom stereocenters. The predicted molar refractivity (Wildman–Crippen MR) is 94.9 cm³/mol. The topological polar surface area (TPSA) is 58.2 Å². The number of hydrogen-bond donors (Lipinski definition) is 2. The maximum atomic E-state index is 11.9. The third kappa shape index (κ3) is 5.43. The van der Waals surface area contributed by atoms with Crippen molar-refractivity contribution in [1.29, 1.82) is 0 Å². The number of carbonyl (C=O) groups excluding carboxylic acids is 2. The summed E-state index contributed by atoms with van der Waals surface area (Å²) in [4.78, 5) is 23.0. The van der Waals surface area contributed by atoms with Gasteiger partial charge in [0.2, 0.25) is 11.8 Å². The number of amides is 2. The van der Waals surface area contributed by atoms with Crippen LogP contribution in [0.3, 0.4) is 0 Å². The van der Waals surface area contributed by atoms with Crippen LogP contribution >= 0.6 is 23.2 Å². The van der Waals surface area contributed by atoms with Crippen LogP contribution in [0.1, 0.15) is 12.5 Å². The predicted octanol–water partition coefficient (Wildman–Crippen LogP) is 4.60. The number of carbonyl (C=O) groups is 2. The standard InChI is InChI=1S/C17H14Cl2N2O2/c1-11(22)20-14-3-2-4-15(10-14)21-17(23)8-6-12-5-7-13(18)9-16(12)19/h2-10H,1H3,(H,20,22)(H,21,23)/b8-6+.